The second-order valence-electron chi connectivity index (χ2n) is 4.82. The molecule has 2 aliphatic heterocycles. The summed E-state index contributed by atoms with van der Waals surface area (Å²) in [4.78, 5) is 16.1. The summed E-state index contributed by atoms with van der Waals surface area (Å²) in [6.07, 6.45) is 2.13. The fraction of sp³-hybridized carbons (Fsp3) is 0.917. The molecule has 0 radical (unpaired) electrons. The number of carbonyl (C=O) groups is 1. The Labute approximate surface area is 108 Å². The van der Waals surface area contributed by atoms with Crippen LogP contribution in [0.15, 0.2) is 0 Å². The van der Waals surface area contributed by atoms with Crippen molar-refractivity contribution in [3.8, 4) is 0 Å². The van der Waals surface area contributed by atoms with Gasteiger partial charge in [-0.15, -0.1) is 11.6 Å². The Kier molecular flexibility index (Phi) is 4.65. The Balaban J connectivity index is 1.79. The average molecular weight is 261 g/mol. The van der Waals surface area contributed by atoms with Gasteiger partial charge in [0, 0.05) is 32.2 Å². The molecule has 2 rings (SSSR count). The number of halogens is 1. The topological polar surface area (TPSA) is 32.8 Å². The number of carbonyl (C=O) groups excluding carboxylic acids is 1. The molecule has 0 bridgehead atoms. The highest BCUT2D eigenvalue weighted by Gasteiger charge is 2.28. The standard InChI is InChI=1S/C12H21ClN2O2/c1-10(13)12(16)15-4-2-11(3-5-15)14-6-8-17-9-7-14/h10-11H,2-9H2,1H3/t10-/m1/s1. The number of morpholine rings is 1. The van der Waals surface area contributed by atoms with Gasteiger partial charge in [-0.3, -0.25) is 9.69 Å². The van der Waals surface area contributed by atoms with Gasteiger partial charge in [0.2, 0.25) is 5.91 Å². The third-order valence-electron chi connectivity index (χ3n) is 3.68. The molecular weight excluding hydrogens is 240 g/mol. The third kappa shape index (κ3) is 3.33. The molecule has 2 aliphatic rings. The zero-order chi connectivity index (χ0) is 12.3. The highest BCUT2D eigenvalue weighted by molar-refractivity contribution is 6.30. The number of hydrogen-bond acceptors (Lipinski definition) is 3. The minimum atomic E-state index is -0.394. The summed E-state index contributed by atoms with van der Waals surface area (Å²) in [6.45, 7) is 7.19. The van der Waals surface area contributed by atoms with Gasteiger partial charge in [-0.2, -0.15) is 0 Å². The number of likely N-dealkylation sites (tertiary alicyclic amines) is 1. The van der Waals surface area contributed by atoms with Gasteiger partial charge in [-0.05, 0) is 19.8 Å². The van der Waals surface area contributed by atoms with Crippen LogP contribution >= 0.6 is 11.6 Å². The van der Waals surface area contributed by atoms with Gasteiger partial charge in [0.1, 0.15) is 5.38 Å². The lowest BCUT2D eigenvalue weighted by molar-refractivity contribution is -0.132. The van der Waals surface area contributed by atoms with Gasteiger partial charge >= 0.3 is 0 Å². The molecule has 98 valence electrons. The Morgan fingerprint density at radius 1 is 1.24 bits per heavy atom. The summed E-state index contributed by atoms with van der Waals surface area (Å²) < 4.78 is 5.36. The Morgan fingerprint density at radius 3 is 2.35 bits per heavy atom. The molecule has 2 heterocycles. The van der Waals surface area contributed by atoms with Crippen molar-refractivity contribution in [3.05, 3.63) is 0 Å². The fourth-order valence-electron chi connectivity index (χ4n) is 2.65. The molecule has 0 aromatic heterocycles. The zero-order valence-corrected chi connectivity index (χ0v) is 11.2. The first-order valence-electron chi connectivity index (χ1n) is 6.43. The molecule has 0 aromatic rings. The number of piperidine rings is 1. The average Bonchev–Trinajstić information content (AvgIpc) is 2.39. The number of nitrogens with zero attached hydrogens (tertiary/aromatic N) is 2. The van der Waals surface area contributed by atoms with Crippen LogP contribution in [0.5, 0.6) is 0 Å². The van der Waals surface area contributed by atoms with Crippen molar-refractivity contribution in [2.45, 2.75) is 31.2 Å². The van der Waals surface area contributed by atoms with Crippen LogP contribution in [0.1, 0.15) is 19.8 Å². The molecular formula is C12H21ClN2O2. The van der Waals surface area contributed by atoms with Gasteiger partial charge < -0.3 is 9.64 Å². The summed E-state index contributed by atoms with van der Waals surface area (Å²) in [5, 5.41) is -0.394. The molecule has 0 aliphatic carbocycles. The van der Waals surface area contributed by atoms with E-state index in [0.29, 0.717) is 6.04 Å². The van der Waals surface area contributed by atoms with Gasteiger partial charge in [0.15, 0.2) is 0 Å². The normalized spacial score (nSPS) is 25.9. The van der Waals surface area contributed by atoms with Crippen LogP contribution in [0.4, 0.5) is 0 Å². The molecule has 0 N–H and O–H groups in total. The number of alkyl halides is 1. The second-order valence-corrected chi connectivity index (χ2v) is 5.48. The van der Waals surface area contributed by atoms with E-state index < -0.39 is 5.38 Å². The summed E-state index contributed by atoms with van der Waals surface area (Å²) >= 11 is 5.83. The van der Waals surface area contributed by atoms with Crippen LogP contribution < -0.4 is 0 Å². The SMILES string of the molecule is C[C@@H](Cl)C(=O)N1CCC(N2CCOCC2)CC1. The minimum Gasteiger partial charge on any atom is -0.379 e. The maximum Gasteiger partial charge on any atom is 0.240 e. The molecule has 0 spiro atoms. The van der Waals surface area contributed by atoms with Crippen molar-refractivity contribution >= 4 is 17.5 Å². The molecule has 0 unspecified atom stereocenters. The molecule has 2 fully saturated rings. The number of rotatable bonds is 2. The number of amides is 1. The number of hydrogen-bond donors (Lipinski definition) is 0. The van der Waals surface area contributed by atoms with Crippen LogP contribution in [-0.4, -0.2) is 66.5 Å². The van der Waals surface area contributed by atoms with Crippen molar-refractivity contribution < 1.29 is 9.53 Å². The van der Waals surface area contributed by atoms with Gasteiger partial charge in [-0.1, -0.05) is 0 Å². The largest absolute Gasteiger partial charge is 0.379 e. The predicted octanol–water partition coefficient (Wildman–Crippen LogP) is 0.937. The first kappa shape index (κ1) is 13.1. The maximum atomic E-state index is 11.7. The van der Waals surface area contributed by atoms with Crippen molar-refractivity contribution in [1.29, 1.82) is 0 Å². The van der Waals surface area contributed by atoms with E-state index >= 15 is 0 Å². The molecule has 17 heavy (non-hydrogen) atoms. The van der Waals surface area contributed by atoms with Crippen LogP contribution in [0.2, 0.25) is 0 Å². The Morgan fingerprint density at radius 2 is 1.82 bits per heavy atom. The molecule has 1 atom stereocenters. The lowest BCUT2D eigenvalue weighted by Crippen LogP contribution is -2.50. The number of ether oxygens (including phenoxy) is 1. The highest BCUT2D eigenvalue weighted by Crippen LogP contribution is 2.18. The lowest BCUT2D eigenvalue weighted by Gasteiger charge is -2.40. The third-order valence-corrected chi connectivity index (χ3v) is 3.87. The zero-order valence-electron chi connectivity index (χ0n) is 10.4. The summed E-state index contributed by atoms with van der Waals surface area (Å²) in [5.74, 6) is 0.0760. The predicted molar refractivity (Wildman–Crippen MR) is 67.3 cm³/mol. The summed E-state index contributed by atoms with van der Waals surface area (Å²) in [7, 11) is 0. The molecule has 4 nitrogen and oxygen atoms in total. The highest BCUT2D eigenvalue weighted by atomic mass is 35.5. The van der Waals surface area contributed by atoms with Crippen LogP contribution in [0.3, 0.4) is 0 Å². The van der Waals surface area contributed by atoms with Crippen molar-refractivity contribution in [2.75, 3.05) is 39.4 Å². The van der Waals surface area contributed by atoms with Crippen LogP contribution in [-0.2, 0) is 9.53 Å². The van der Waals surface area contributed by atoms with Crippen LogP contribution in [0, 0.1) is 0 Å². The van der Waals surface area contributed by atoms with Gasteiger partial charge in [0.25, 0.3) is 0 Å². The van der Waals surface area contributed by atoms with E-state index in [-0.39, 0.29) is 5.91 Å². The van der Waals surface area contributed by atoms with E-state index in [2.05, 4.69) is 4.90 Å². The van der Waals surface area contributed by atoms with E-state index in [1.165, 1.54) is 0 Å². The Hall–Kier alpha value is -0.320. The van der Waals surface area contributed by atoms with E-state index in [4.69, 9.17) is 16.3 Å². The summed E-state index contributed by atoms with van der Waals surface area (Å²) in [5.41, 5.74) is 0. The smallest absolute Gasteiger partial charge is 0.240 e. The van der Waals surface area contributed by atoms with Gasteiger partial charge in [-0.25, -0.2) is 0 Å². The first-order valence-corrected chi connectivity index (χ1v) is 6.87. The molecule has 0 aromatic carbocycles. The molecule has 2 saturated heterocycles. The molecule has 1 amide bonds. The minimum absolute atomic E-state index is 0.0760. The first-order chi connectivity index (χ1) is 8.18. The van der Waals surface area contributed by atoms with Crippen LogP contribution in [0.25, 0.3) is 0 Å². The Bertz CT molecular complexity index is 259. The van der Waals surface area contributed by atoms with E-state index in [9.17, 15) is 4.79 Å². The molecule has 5 heteroatoms. The second kappa shape index (κ2) is 6.03. The van der Waals surface area contributed by atoms with E-state index in [0.717, 1.165) is 52.2 Å². The van der Waals surface area contributed by atoms with Crippen molar-refractivity contribution in [1.82, 2.24) is 9.80 Å². The lowest BCUT2D eigenvalue weighted by atomic mass is 10.0. The van der Waals surface area contributed by atoms with E-state index in [1.807, 2.05) is 4.90 Å². The van der Waals surface area contributed by atoms with Gasteiger partial charge in [0.05, 0.1) is 13.2 Å². The monoisotopic (exact) mass is 260 g/mol. The quantitative estimate of drug-likeness (QED) is 0.693. The van der Waals surface area contributed by atoms with E-state index in [1.54, 1.807) is 6.92 Å². The fourth-order valence-corrected chi connectivity index (χ4v) is 2.78. The maximum absolute atomic E-state index is 11.7. The van der Waals surface area contributed by atoms with Crippen molar-refractivity contribution in [2.24, 2.45) is 0 Å². The molecule has 0 saturated carbocycles. The summed E-state index contributed by atoms with van der Waals surface area (Å²) in [6, 6.07) is 0.619. The van der Waals surface area contributed by atoms with Crippen molar-refractivity contribution in [3.63, 3.8) is 0 Å².